The summed E-state index contributed by atoms with van der Waals surface area (Å²) >= 11 is 0. The fraction of sp³-hybridized carbons (Fsp3) is 0. The van der Waals surface area contributed by atoms with Crippen molar-refractivity contribution < 1.29 is 9.47 Å². The third kappa shape index (κ3) is 3.34. The van der Waals surface area contributed by atoms with E-state index in [1.807, 2.05) is 72.8 Å². The first kappa shape index (κ1) is 13.1. The number of ether oxygens (including phenoxy) is 2. The van der Waals surface area contributed by atoms with E-state index in [2.05, 4.69) is 0 Å². The van der Waals surface area contributed by atoms with Crippen LogP contribution in [-0.4, -0.2) is 0 Å². The van der Waals surface area contributed by atoms with Crippen LogP contribution < -0.4 is 15.2 Å². The molecule has 0 unspecified atom stereocenters. The van der Waals surface area contributed by atoms with Crippen LogP contribution in [0.15, 0.2) is 78.9 Å². The normalized spacial score (nSPS) is 10.1. The van der Waals surface area contributed by atoms with E-state index in [-0.39, 0.29) is 0 Å². The lowest BCUT2D eigenvalue weighted by Gasteiger charge is -2.10. The highest BCUT2D eigenvalue weighted by Gasteiger charge is 2.03. The Morgan fingerprint density at radius 2 is 1.19 bits per heavy atom. The molecule has 3 nitrogen and oxygen atoms in total. The maximum Gasteiger partial charge on any atom is 0.150 e. The zero-order chi connectivity index (χ0) is 14.5. The molecule has 0 spiro atoms. The number of nitrogens with two attached hydrogens (primary N) is 1. The molecule has 3 heteroatoms. The third-order valence-electron chi connectivity index (χ3n) is 2.93. The Morgan fingerprint density at radius 1 is 0.571 bits per heavy atom. The minimum absolute atomic E-state index is 0.604. The summed E-state index contributed by atoms with van der Waals surface area (Å²) in [5, 5.41) is 0. The summed E-state index contributed by atoms with van der Waals surface area (Å²) in [6.45, 7) is 0. The van der Waals surface area contributed by atoms with Crippen LogP contribution in [0.1, 0.15) is 0 Å². The maximum absolute atomic E-state index is 5.87. The predicted molar refractivity (Wildman–Crippen MR) is 83.9 cm³/mol. The van der Waals surface area contributed by atoms with Crippen LogP contribution in [0.2, 0.25) is 0 Å². The second-order valence-corrected chi connectivity index (χ2v) is 4.53. The maximum atomic E-state index is 5.87. The minimum atomic E-state index is 0.604. The molecule has 0 radical (unpaired) electrons. The van der Waals surface area contributed by atoms with E-state index < -0.39 is 0 Å². The van der Waals surface area contributed by atoms with Gasteiger partial charge in [-0.2, -0.15) is 0 Å². The predicted octanol–water partition coefficient (Wildman–Crippen LogP) is 4.85. The molecule has 0 aliphatic carbocycles. The van der Waals surface area contributed by atoms with Crippen molar-refractivity contribution in [3.63, 3.8) is 0 Å². The van der Waals surface area contributed by atoms with E-state index in [0.717, 1.165) is 5.75 Å². The number of anilines is 1. The number of benzene rings is 3. The molecule has 3 rings (SSSR count). The van der Waals surface area contributed by atoms with Crippen molar-refractivity contribution >= 4 is 5.69 Å². The Balaban J connectivity index is 1.79. The van der Waals surface area contributed by atoms with Gasteiger partial charge in [0.05, 0.1) is 5.69 Å². The molecule has 0 aromatic heterocycles. The van der Waals surface area contributed by atoms with Crippen molar-refractivity contribution in [1.29, 1.82) is 0 Å². The topological polar surface area (TPSA) is 44.5 Å². The van der Waals surface area contributed by atoms with Gasteiger partial charge in [0.25, 0.3) is 0 Å². The monoisotopic (exact) mass is 277 g/mol. The lowest BCUT2D eigenvalue weighted by molar-refractivity contribution is 0.461. The van der Waals surface area contributed by atoms with Gasteiger partial charge in [0.2, 0.25) is 0 Å². The van der Waals surface area contributed by atoms with Crippen LogP contribution >= 0.6 is 0 Å². The fourth-order valence-corrected chi connectivity index (χ4v) is 1.93. The van der Waals surface area contributed by atoms with Crippen molar-refractivity contribution in [3.05, 3.63) is 78.9 Å². The van der Waals surface area contributed by atoms with Gasteiger partial charge in [0, 0.05) is 6.07 Å². The minimum Gasteiger partial charge on any atom is -0.457 e. The number of para-hydroxylation sites is 3. The average Bonchev–Trinajstić information content (AvgIpc) is 2.51. The van der Waals surface area contributed by atoms with Gasteiger partial charge < -0.3 is 15.2 Å². The molecular weight excluding hydrogens is 262 g/mol. The second kappa shape index (κ2) is 6.01. The lowest BCUT2D eigenvalue weighted by atomic mass is 10.3. The summed E-state index contributed by atoms with van der Waals surface area (Å²) in [7, 11) is 0. The van der Waals surface area contributed by atoms with E-state index in [0.29, 0.717) is 22.9 Å². The molecule has 0 fully saturated rings. The van der Waals surface area contributed by atoms with Gasteiger partial charge in [-0.3, -0.25) is 0 Å². The van der Waals surface area contributed by atoms with Crippen LogP contribution in [0.5, 0.6) is 23.0 Å². The summed E-state index contributed by atoms with van der Waals surface area (Å²) in [5.41, 5.74) is 6.48. The Hall–Kier alpha value is -2.94. The fourth-order valence-electron chi connectivity index (χ4n) is 1.93. The Labute approximate surface area is 123 Å². The quantitative estimate of drug-likeness (QED) is 0.693. The molecule has 0 aliphatic rings. The van der Waals surface area contributed by atoms with E-state index in [1.165, 1.54) is 0 Å². The Bertz CT molecular complexity index is 726. The molecule has 0 atom stereocenters. The lowest BCUT2D eigenvalue weighted by Crippen LogP contribution is -1.91. The van der Waals surface area contributed by atoms with Crippen LogP contribution in [0.3, 0.4) is 0 Å². The van der Waals surface area contributed by atoms with Gasteiger partial charge >= 0.3 is 0 Å². The molecule has 3 aromatic rings. The third-order valence-corrected chi connectivity index (χ3v) is 2.93. The number of nitrogen functional groups attached to an aromatic ring is 1. The largest absolute Gasteiger partial charge is 0.457 e. The molecule has 0 aliphatic heterocycles. The van der Waals surface area contributed by atoms with Crippen LogP contribution in [-0.2, 0) is 0 Å². The van der Waals surface area contributed by atoms with Crippen molar-refractivity contribution in [2.75, 3.05) is 5.73 Å². The van der Waals surface area contributed by atoms with Crippen molar-refractivity contribution in [2.45, 2.75) is 0 Å². The standard InChI is InChI=1S/C18H15NO2/c19-17-11-4-5-12-18(17)21-16-10-6-9-15(13-16)20-14-7-2-1-3-8-14/h1-13H,19H2. The van der Waals surface area contributed by atoms with Gasteiger partial charge in [0.1, 0.15) is 23.0 Å². The van der Waals surface area contributed by atoms with E-state index >= 15 is 0 Å². The first-order valence-corrected chi connectivity index (χ1v) is 6.66. The Kier molecular flexibility index (Phi) is 3.74. The van der Waals surface area contributed by atoms with E-state index in [9.17, 15) is 0 Å². The van der Waals surface area contributed by atoms with Gasteiger partial charge in [-0.25, -0.2) is 0 Å². The molecule has 21 heavy (non-hydrogen) atoms. The van der Waals surface area contributed by atoms with E-state index in [1.54, 1.807) is 6.07 Å². The summed E-state index contributed by atoms with van der Waals surface area (Å²) in [5.74, 6) is 2.82. The van der Waals surface area contributed by atoms with Gasteiger partial charge in [-0.1, -0.05) is 36.4 Å². The van der Waals surface area contributed by atoms with E-state index in [4.69, 9.17) is 15.2 Å². The molecule has 0 heterocycles. The number of hydrogen-bond acceptors (Lipinski definition) is 3. The number of hydrogen-bond donors (Lipinski definition) is 1. The van der Waals surface area contributed by atoms with Gasteiger partial charge in [-0.05, 0) is 36.4 Å². The smallest absolute Gasteiger partial charge is 0.150 e. The van der Waals surface area contributed by atoms with Crippen molar-refractivity contribution in [2.24, 2.45) is 0 Å². The first-order chi connectivity index (χ1) is 10.3. The highest BCUT2D eigenvalue weighted by atomic mass is 16.5. The summed E-state index contributed by atoms with van der Waals surface area (Å²) in [6, 6.07) is 24.5. The molecule has 2 N–H and O–H groups in total. The summed E-state index contributed by atoms with van der Waals surface area (Å²) in [4.78, 5) is 0. The van der Waals surface area contributed by atoms with Crippen molar-refractivity contribution in [1.82, 2.24) is 0 Å². The summed E-state index contributed by atoms with van der Waals surface area (Å²) in [6.07, 6.45) is 0. The second-order valence-electron chi connectivity index (χ2n) is 4.53. The van der Waals surface area contributed by atoms with Gasteiger partial charge in [-0.15, -0.1) is 0 Å². The summed E-state index contributed by atoms with van der Waals surface area (Å²) < 4.78 is 11.6. The molecule has 0 saturated carbocycles. The average molecular weight is 277 g/mol. The van der Waals surface area contributed by atoms with Crippen molar-refractivity contribution in [3.8, 4) is 23.0 Å². The Morgan fingerprint density at radius 3 is 1.95 bits per heavy atom. The SMILES string of the molecule is Nc1ccccc1Oc1cccc(Oc2ccccc2)c1. The highest BCUT2D eigenvalue weighted by molar-refractivity contribution is 5.53. The number of rotatable bonds is 4. The molecular formula is C18H15NO2. The molecule has 3 aromatic carbocycles. The molecule has 0 bridgehead atoms. The van der Waals surface area contributed by atoms with Crippen LogP contribution in [0.25, 0.3) is 0 Å². The highest BCUT2D eigenvalue weighted by Crippen LogP contribution is 2.30. The van der Waals surface area contributed by atoms with Crippen LogP contribution in [0.4, 0.5) is 5.69 Å². The zero-order valence-corrected chi connectivity index (χ0v) is 11.4. The van der Waals surface area contributed by atoms with Crippen LogP contribution in [0, 0.1) is 0 Å². The molecule has 0 saturated heterocycles. The first-order valence-electron chi connectivity index (χ1n) is 6.66. The zero-order valence-electron chi connectivity index (χ0n) is 11.4. The van der Waals surface area contributed by atoms with Gasteiger partial charge in [0.15, 0.2) is 0 Å². The molecule has 0 amide bonds. The molecule has 104 valence electrons.